The molecule has 15 nitrogen and oxygen atoms in total. The van der Waals surface area contributed by atoms with E-state index in [1.165, 1.54) is 5.56 Å². The van der Waals surface area contributed by atoms with Gasteiger partial charge in [-0.05, 0) is 73.5 Å². The molecule has 1 unspecified atom stereocenters. The molecule has 1 saturated heterocycles. The van der Waals surface area contributed by atoms with Crippen molar-refractivity contribution in [3.05, 3.63) is 75.7 Å². The molecule has 8 N–H and O–H groups in total. The standard InChI is InChI=1S/C35H47N9O6/c1-2-3-18-49-34-41-31(36)30-32(42-34)44(35(48)40-30)21-26-6-4-25(5-7-26)20-43-16-13-23(14-17-43)12-15-38-33(47)28(39-29(46)22-50-37)19-24-8-10-27(45)11-9-24/h4-11,23,28,45H,2-3,12-22,37H2,1H3,(H,38,47)(H,39,46)(H,40,48)(H2,36,41,42). The van der Waals surface area contributed by atoms with Crippen LogP contribution in [0.25, 0.3) is 11.2 Å². The minimum Gasteiger partial charge on any atom is -0.508 e. The number of rotatable bonds is 17. The SMILES string of the molecule is CCCCOc1nc(N)c2[nH]c(=O)n(Cc3ccc(CN4CCC(CCNC(=O)C(Cc5ccc(O)cc5)NC(=O)CON)CC4)cc3)c2n1. The van der Waals surface area contributed by atoms with E-state index in [0.717, 1.165) is 62.9 Å². The molecule has 0 aliphatic carbocycles. The summed E-state index contributed by atoms with van der Waals surface area (Å²) in [6.45, 7) is 5.76. The van der Waals surface area contributed by atoms with Crippen LogP contribution in [0.1, 0.15) is 55.7 Å². The van der Waals surface area contributed by atoms with Gasteiger partial charge in [-0.1, -0.05) is 49.7 Å². The van der Waals surface area contributed by atoms with Crippen molar-refractivity contribution in [3.63, 3.8) is 0 Å². The van der Waals surface area contributed by atoms with Gasteiger partial charge >= 0.3 is 11.7 Å². The number of H-pyrrole nitrogens is 1. The van der Waals surface area contributed by atoms with E-state index in [1.54, 1.807) is 28.8 Å². The molecule has 50 heavy (non-hydrogen) atoms. The monoisotopic (exact) mass is 689 g/mol. The van der Waals surface area contributed by atoms with Crippen molar-refractivity contribution in [2.75, 3.05) is 38.6 Å². The number of carbonyl (C=O) groups excluding carboxylic acids is 2. The number of aromatic amines is 1. The number of aromatic nitrogens is 4. The van der Waals surface area contributed by atoms with Crippen LogP contribution in [0.2, 0.25) is 0 Å². The molecule has 1 aliphatic heterocycles. The summed E-state index contributed by atoms with van der Waals surface area (Å²) in [6, 6.07) is 14.1. The van der Waals surface area contributed by atoms with E-state index < -0.39 is 11.9 Å². The molecule has 0 saturated carbocycles. The highest BCUT2D eigenvalue weighted by atomic mass is 16.6. The van der Waals surface area contributed by atoms with Crippen LogP contribution in [0.15, 0.2) is 53.3 Å². The number of benzene rings is 2. The fraction of sp³-hybridized carbons (Fsp3) is 0.457. The second-order valence-corrected chi connectivity index (χ2v) is 12.7. The number of phenolic OH excluding ortho intramolecular Hbond substituents is 1. The first-order valence-electron chi connectivity index (χ1n) is 17.1. The van der Waals surface area contributed by atoms with Gasteiger partial charge in [0.15, 0.2) is 11.5 Å². The van der Waals surface area contributed by atoms with Gasteiger partial charge in [-0.25, -0.2) is 10.7 Å². The number of phenols is 1. The van der Waals surface area contributed by atoms with Crippen molar-refractivity contribution in [2.45, 2.75) is 64.6 Å². The predicted octanol–water partition coefficient (Wildman–Crippen LogP) is 1.97. The Balaban J connectivity index is 1.08. The Hall–Kier alpha value is -4.99. The maximum absolute atomic E-state index is 13.0. The van der Waals surface area contributed by atoms with E-state index in [-0.39, 0.29) is 42.2 Å². The first-order chi connectivity index (χ1) is 24.2. The lowest BCUT2D eigenvalue weighted by Crippen LogP contribution is -2.49. The number of unbranched alkanes of at least 4 members (excludes halogenated alkanes) is 1. The normalized spacial score (nSPS) is 14.4. The molecule has 1 atom stereocenters. The zero-order valence-corrected chi connectivity index (χ0v) is 28.4. The Morgan fingerprint density at radius 2 is 1.72 bits per heavy atom. The number of nitrogen functional groups attached to an aromatic ring is 1. The average molecular weight is 690 g/mol. The molecular weight excluding hydrogens is 642 g/mol. The summed E-state index contributed by atoms with van der Waals surface area (Å²) in [7, 11) is 0. The number of nitrogens with zero attached hydrogens (tertiary/aromatic N) is 4. The van der Waals surface area contributed by atoms with Crippen LogP contribution in [0, 0.1) is 5.92 Å². The van der Waals surface area contributed by atoms with Crippen molar-refractivity contribution < 1.29 is 24.3 Å². The van der Waals surface area contributed by atoms with Crippen LogP contribution in [0.3, 0.4) is 0 Å². The third-order valence-corrected chi connectivity index (χ3v) is 8.93. The van der Waals surface area contributed by atoms with Gasteiger partial charge < -0.3 is 31.2 Å². The van der Waals surface area contributed by atoms with Gasteiger partial charge in [-0.3, -0.25) is 23.9 Å². The number of nitrogens with two attached hydrogens (primary N) is 2. The number of likely N-dealkylation sites (tertiary alicyclic amines) is 1. The van der Waals surface area contributed by atoms with Gasteiger partial charge in [0.25, 0.3) is 0 Å². The number of carbonyl (C=O) groups is 2. The van der Waals surface area contributed by atoms with Gasteiger partial charge in [0.1, 0.15) is 23.9 Å². The van der Waals surface area contributed by atoms with Gasteiger partial charge in [0.2, 0.25) is 11.8 Å². The van der Waals surface area contributed by atoms with Crippen molar-refractivity contribution in [1.29, 1.82) is 0 Å². The van der Waals surface area contributed by atoms with Crippen molar-refractivity contribution in [1.82, 2.24) is 35.1 Å². The topological polar surface area (TPSA) is 216 Å². The van der Waals surface area contributed by atoms with Gasteiger partial charge in [-0.2, -0.15) is 9.97 Å². The number of hydrogen-bond acceptors (Lipinski definition) is 11. The number of aromatic hydroxyl groups is 1. The number of piperidine rings is 1. The van der Waals surface area contributed by atoms with Gasteiger partial charge in [0.05, 0.1) is 13.2 Å². The number of imidazole rings is 1. The molecule has 2 aromatic heterocycles. The fourth-order valence-corrected chi connectivity index (χ4v) is 6.09. The lowest BCUT2D eigenvalue weighted by molar-refractivity contribution is -0.131. The predicted molar refractivity (Wildman–Crippen MR) is 188 cm³/mol. The summed E-state index contributed by atoms with van der Waals surface area (Å²) in [4.78, 5) is 56.1. The number of fused-ring (bicyclic) bond motifs is 1. The van der Waals surface area contributed by atoms with E-state index in [9.17, 15) is 19.5 Å². The van der Waals surface area contributed by atoms with Crippen molar-refractivity contribution >= 4 is 28.8 Å². The maximum atomic E-state index is 13.0. The molecule has 5 rings (SSSR count). The Morgan fingerprint density at radius 1 is 1.04 bits per heavy atom. The highest BCUT2D eigenvalue weighted by Gasteiger charge is 2.23. The molecule has 0 spiro atoms. The second kappa shape index (κ2) is 17.6. The summed E-state index contributed by atoms with van der Waals surface area (Å²) in [5, 5.41) is 15.2. The van der Waals surface area contributed by atoms with E-state index in [4.69, 9.17) is 16.4 Å². The Bertz CT molecular complexity index is 1770. The van der Waals surface area contributed by atoms with Crippen LogP contribution in [0.4, 0.5) is 5.82 Å². The van der Waals surface area contributed by atoms with E-state index in [2.05, 4.69) is 54.4 Å². The summed E-state index contributed by atoms with van der Waals surface area (Å²) < 4.78 is 7.19. The van der Waals surface area contributed by atoms with Crippen LogP contribution in [0.5, 0.6) is 11.8 Å². The largest absolute Gasteiger partial charge is 0.508 e. The van der Waals surface area contributed by atoms with Crippen LogP contribution < -0.4 is 32.7 Å². The number of amides is 2. The molecule has 3 heterocycles. The molecule has 2 amide bonds. The van der Waals surface area contributed by atoms with Gasteiger partial charge in [0, 0.05) is 19.5 Å². The first-order valence-corrected chi connectivity index (χ1v) is 17.1. The fourth-order valence-electron chi connectivity index (χ4n) is 6.09. The lowest BCUT2D eigenvalue weighted by atomic mass is 9.93. The quantitative estimate of drug-likeness (QED) is 0.0696. The van der Waals surface area contributed by atoms with E-state index >= 15 is 0 Å². The minimum absolute atomic E-state index is 0.126. The molecule has 0 bridgehead atoms. The molecular formula is C35H47N9O6. The number of ether oxygens (including phenoxy) is 1. The lowest BCUT2D eigenvalue weighted by Gasteiger charge is -2.32. The number of hydrogen-bond donors (Lipinski definition) is 6. The van der Waals surface area contributed by atoms with Crippen LogP contribution in [-0.2, 0) is 33.9 Å². The maximum Gasteiger partial charge on any atom is 0.328 e. The van der Waals surface area contributed by atoms with Crippen LogP contribution in [-0.4, -0.2) is 80.2 Å². The molecule has 4 aromatic rings. The van der Waals surface area contributed by atoms with Crippen molar-refractivity contribution in [2.24, 2.45) is 11.8 Å². The van der Waals surface area contributed by atoms with E-state index in [0.29, 0.717) is 36.8 Å². The smallest absolute Gasteiger partial charge is 0.328 e. The second-order valence-electron chi connectivity index (χ2n) is 12.7. The zero-order chi connectivity index (χ0) is 35.5. The molecule has 1 aliphatic rings. The summed E-state index contributed by atoms with van der Waals surface area (Å²) in [6.07, 6.45) is 5.00. The highest BCUT2D eigenvalue weighted by Crippen LogP contribution is 2.23. The third kappa shape index (κ3) is 10.0. The Kier molecular flexibility index (Phi) is 12.8. The number of nitrogens with one attached hydrogen (secondary N) is 3. The van der Waals surface area contributed by atoms with E-state index in [1.807, 2.05) is 12.1 Å². The summed E-state index contributed by atoms with van der Waals surface area (Å²) in [5.74, 6) is 5.04. The molecule has 0 radical (unpaired) electrons. The Labute approximate surface area is 290 Å². The Morgan fingerprint density at radius 3 is 2.40 bits per heavy atom. The summed E-state index contributed by atoms with van der Waals surface area (Å²) >= 11 is 0. The van der Waals surface area contributed by atoms with Gasteiger partial charge in [-0.15, -0.1) is 0 Å². The zero-order valence-electron chi connectivity index (χ0n) is 28.4. The molecule has 268 valence electrons. The average Bonchev–Trinajstić information content (AvgIpc) is 3.42. The molecule has 2 aromatic carbocycles. The third-order valence-electron chi connectivity index (χ3n) is 8.93. The van der Waals surface area contributed by atoms with Crippen LogP contribution >= 0.6 is 0 Å². The molecule has 15 heteroatoms. The summed E-state index contributed by atoms with van der Waals surface area (Å²) in [5.41, 5.74) is 9.54. The highest BCUT2D eigenvalue weighted by molar-refractivity contribution is 5.88. The molecule has 1 fully saturated rings. The van der Waals surface area contributed by atoms with Crippen molar-refractivity contribution in [3.8, 4) is 11.8 Å². The first kappa shape index (κ1) is 36.3. The number of anilines is 1. The minimum atomic E-state index is -0.797.